The van der Waals surface area contributed by atoms with Gasteiger partial charge < -0.3 is 20.4 Å². The lowest BCUT2D eigenvalue weighted by atomic mass is 10.00. The van der Waals surface area contributed by atoms with Gasteiger partial charge in [0.15, 0.2) is 0 Å². The Bertz CT molecular complexity index is 446. The largest absolute Gasteiger partial charge is 0.339 e. The number of carbonyl (C=O) groups excluding carboxylic acids is 2. The zero-order valence-corrected chi connectivity index (χ0v) is 11.9. The highest BCUT2D eigenvalue weighted by atomic mass is 16.2. The molecule has 20 heavy (non-hydrogen) atoms. The van der Waals surface area contributed by atoms with Crippen LogP contribution in [0.2, 0.25) is 0 Å². The third-order valence-corrected chi connectivity index (χ3v) is 4.61. The number of urea groups is 1. The molecule has 6 heteroatoms. The number of nitrogens with zero attached hydrogens (tertiary/aromatic N) is 2. The molecular weight excluding hydrogens is 256 g/mol. The van der Waals surface area contributed by atoms with Crippen molar-refractivity contribution in [2.75, 3.05) is 39.3 Å². The summed E-state index contributed by atoms with van der Waals surface area (Å²) in [6, 6.07) is 0.341. The molecule has 0 spiro atoms. The van der Waals surface area contributed by atoms with Crippen LogP contribution in [0.3, 0.4) is 0 Å². The molecule has 0 atom stereocenters. The van der Waals surface area contributed by atoms with Gasteiger partial charge in [0.2, 0.25) is 5.91 Å². The van der Waals surface area contributed by atoms with Crippen molar-refractivity contribution in [1.82, 2.24) is 20.4 Å². The predicted octanol–water partition coefficient (Wildman–Crippen LogP) is -0.0777. The number of hydrogen-bond acceptors (Lipinski definition) is 3. The molecule has 0 unspecified atom stereocenters. The normalized spacial score (nSPS) is 23.6. The highest BCUT2D eigenvalue weighted by Gasteiger charge is 2.32. The van der Waals surface area contributed by atoms with E-state index in [2.05, 4.69) is 10.6 Å². The first-order valence-corrected chi connectivity index (χ1v) is 7.40. The van der Waals surface area contributed by atoms with E-state index in [0.29, 0.717) is 6.04 Å². The van der Waals surface area contributed by atoms with Crippen molar-refractivity contribution in [1.29, 1.82) is 0 Å². The quantitative estimate of drug-likeness (QED) is 0.695. The fraction of sp³-hybridized carbons (Fsp3) is 0.714. The number of piperidine rings is 1. The Morgan fingerprint density at radius 3 is 2.40 bits per heavy atom. The third kappa shape index (κ3) is 2.40. The second-order valence-corrected chi connectivity index (χ2v) is 5.78. The van der Waals surface area contributed by atoms with Gasteiger partial charge in [0.25, 0.3) is 0 Å². The van der Waals surface area contributed by atoms with Crippen LogP contribution in [-0.4, -0.2) is 67.0 Å². The Kier molecular flexibility index (Phi) is 3.65. The van der Waals surface area contributed by atoms with E-state index in [0.717, 1.165) is 57.7 Å². The molecule has 0 bridgehead atoms. The summed E-state index contributed by atoms with van der Waals surface area (Å²) in [5, 5.41) is 6.01. The first-order chi connectivity index (χ1) is 9.66. The van der Waals surface area contributed by atoms with Crippen molar-refractivity contribution in [2.24, 2.45) is 0 Å². The van der Waals surface area contributed by atoms with Crippen LogP contribution in [0.4, 0.5) is 4.79 Å². The van der Waals surface area contributed by atoms with E-state index in [1.165, 1.54) is 5.57 Å². The molecular formula is C14H22N4O2. The van der Waals surface area contributed by atoms with Crippen LogP contribution >= 0.6 is 0 Å². The van der Waals surface area contributed by atoms with Gasteiger partial charge >= 0.3 is 6.03 Å². The smallest absolute Gasteiger partial charge is 0.317 e. The summed E-state index contributed by atoms with van der Waals surface area (Å²) >= 11 is 0. The standard InChI is InChI=1S/C14H22N4O2/c1-10(11-8-15-9-11)13(19)17-5-2-12(3-6-17)18-7-4-16-14(18)20/h12,15H,2-9H2,1H3,(H,16,20). The lowest BCUT2D eigenvalue weighted by Crippen LogP contribution is -2.48. The van der Waals surface area contributed by atoms with Crippen LogP contribution in [0.1, 0.15) is 19.8 Å². The van der Waals surface area contributed by atoms with E-state index in [9.17, 15) is 9.59 Å². The Balaban J connectivity index is 1.56. The minimum absolute atomic E-state index is 0.0496. The minimum atomic E-state index is 0.0496. The third-order valence-electron chi connectivity index (χ3n) is 4.61. The molecule has 3 rings (SSSR count). The molecule has 0 aliphatic carbocycles. The van der Waals surface area contributed by atoms with Crippen LogP contribution < -0.4 is 10.6 Å². The molecule has 2 N–H and O–H groups in total. The first-order valence-electron chi connectivity index (χ1n) is 7.40. The maximum atomic E-state index is 12.4. The van der Waals surface area contributed by atoms with Gasteiger partial charge in [0.05, 0.1) is 0 Å². The summed E-state index contributed by atoms with van der Waals surface area (Å²) < 4.78 is 0. The maximum Gasteiger partial charge on any atom is 0.317 e. The van der Waals surface area contributed by atoms with Gasteiger partial charge in [0.1, 0.15) is 0 Å². The van der Waals surface area contributed by atoms with Gasteiger partial charge in [-0.3, -0.25) is 4.79 Å². The minimum Gasteiger partial charge on any atom is -0.339 e. The van der Waals surface area contributed by atoms with E-state index in [4.69, 9.17) is 0 Å². The maximum absolute atomic E-state index is 12.4. The number of hydrogen-bond donors (Lipinski definition) is 2. The second kappa shape index (κ2) is 5.44. The highest BCUT2D eigenvalue weighted by molar-refractivity contribution is 5.94. The Hall–Kier alpha value is -1.56. The molecule has 3 heterocycles. The van der Waals surface area contributed by atoms with Crippen molar-refractivity contribution in [2.45, 2.75) is 25.8 Å². The summed E-state index contributed by atoms with van der Waals surface area (Å²) in [5.41, 5.74) is 2.14. The molecule has 0 aromatic heterocycles. The van der Waals surface area contributed by atoms with Crippen molar-refractivity contribution in [3.8, 4) is 0 Å². The number of carbonyl (C=O) groups is 2. The first kappa shape index (κ1) is 13.4. The van der Waals surface area contributed by atoms with Crippen molar-refractivity contribution >= 4 is 11.9 Å². The summed E-state index contributed by atoms with van der Waals surface area (Å²) in [5.74, 6) is 0.172. The topological polar surface area (TPSA) is 64.7 Å². The van der Waals surface area contributed by atoms with Gasteiger partial charge in [-0.05, 0) is 25.3 Å². The fourth-order valence-corrected chi connectivity index (χ4v) is 3.12. The molecule has 3 aliphatic heterocycles. The average molecular weight is 278 g/mol. The monoisotopic (exact) mass is 278 g/mol. The van der Waals surface area contributed by atoms with E-state index in [-0.39, 0.29) is 11.9 Å². The molecule has 3 saturated heterocycles. The molecule has 110 valence electrons. The van der Waals surface area contributed by atoms with Gasteiger partial charge in [0, 0.05) is 50.9 Å². The highest BCUT2D eigenvalue weighted by Crippen LogP contribution is 2.20. The van der Waals surface area contributed by atoms with Gasteiger partial charge in [-0.1, -0.05) is 0 Å². The summed E-state index contributed by atoms with van der Waals surface area (Å²) in [6.07, 6.45) is 1.78. The lowest BCUT2D eigenvalue weighted by Gasteiger charge is -2.36. The summed E-state index contributed by atoms with van der Waals surface area (Å²) in [7, 11) is 0. The van der Waals surface area contributed by atoms with E-state index in [1.807, 2.05) is 16.7 Å². The zero-order chi connectivity index (χ0) is 14.1. The Morgan fingerprint density at radius 1 is 1.20 bits per heavy atom. The molecule has 3 fully saturated rings. The van der Waals surface area contributed by atoms with Gasteiger partial charge in [-0.2, -0.15) is 0 Å². The lowest BCUT2D eigenvalue weighted by molar-refractivity contribution is -0.128. The van der Waals surface area contributed by atoms with Crippen molar-refractivity contribution in [3.05, 3.63) is 11.1 Å². The predicted molar refractivity (Wildman–Crippen MR) is 75.3 cm³/mol. The Labute approximate surface area is 119 Å². The molecule has 0 aromatic carbocycles. The number of nitrogens with one attached hydrogen (secondary N) is 2. The van der Waals surface area contributed by atoms with Crippen LogP contribution in [0, 0.1) is 0 Å². The number of amides is 3. The summed E-state index contributed by atoms with van der Waals surface area (Å²) in [4.78, 5) is 27.9. The fourth-order valence-electron chi connectivity index (χ4n) is 3.12. The molecule has 0 radical (unpaired) electrons. The van der Waals surface area contributed by atoms with Crippen molar-refractivity contribution in [3.63, 3.8) is 0 Å². The van der Waals surface area contributed by atoms with Crippen LogP contribution in [0.15, 0.2) is 11.1 Å². The van der Waals surface area contributed by atoms with Crippen molar-refractivity contribution < 1.29 is 9.59 Å². The summed E-state index contributed by atoms with van der Waals surface area (Å²) in [6.45, 7) is 6.68. The van der Waals surface area contributed by atoms with Crippen LogP contribution in [-0.2, 0) is 4.79 Å². The van der Waals surface area contributed by atoms with E-state index >= 15 is 0 Å². The SMILES string of the molecule is CC(C(=O)N1CCC(N2CCNC2=O)CC1)=C1CNC1. The van der Waals surface area contributed by atoms with Crippen LogP contribution in [0.5, 0.6) is 0 Å². The molecule has 3 amide bonds. The molecule has 0 aromatic rings. The zero-order valence-electron chi connectivity index (χ0n) is 11.9. The van der Waals surface area contributed by atoms with Gasteiger partial charge in [-0.25, -0.2) is 4.79 Å². The van der Waals surface area contributed by atoms with E-state index < -0.39 is 0 Å². The Morgan fingerprint density at radius 2 is 1.90 bits per heavy atom. The van der Waals surface area contributed by atoms with E-state index in [1.54, 1.807) is 0 Å². The molecule has 6 nitrogen and oxygen atoms in total. The van der Waals surface area contributed by atoms with Gasteiger partial charge in [-0.15, -0.1) is 0 Å². The average Bonchev–Trinajstić information content (AvgIpc) is 2.82. The second-order valence-electron chi connectivity index (χ2n) is 5.78. The van der Waals surface area contributed by atoms with Crippen LogP contribution in [0.25, 0.3) is 0 Å². The number of likely N-dealkylation sites (tertiary alicyclic amines) is 1. The molecule has 0 saturated carbocycles. The number of rotatable bonds is 2. The molecule has 3 aliphatic rings.